The quantitative estimate of drug-likeness (QED) is 0.861. The number of benzene rings is 1. The number of anilines is 1. The summed E-state index contributed by atoms with van der Waals surface area (Å²) >= 11 is 0. The van der Waals surface area contributed by atoms with Crippen LogP contribution in [0.15, 0.2) is 24.3 Å². The van der Waals surface area contributed by atoms with Crippen LogP contribution in [0.2, 0.25) is 0 Å². The maximum Gasteiger partial charge on any atom is 0.328 e. The molecule has 0 radical (unpaired) electrons. The highest BCUT2D eigenvalue weighted by molar-refractivity contribution is 5.87. The van der Waals surface area contributed by atoms with Gasteiger partial charge in [-0.2, -0.15) is 0 Å². The van der Waals surface area contributed by atoms with Crippen molar-refractivity contribution in [1.82, 2.24) is 0 Å². The Kier molecular flexibility index (Phi) is 4.66. The third-order valence-corrected chi connectivity index (χ3v) is 4.30. The van der Waals surface area contributed by atoms with Gasteiger partial charge in [0.1, 0.15) is 5.82 Å². The van der Waals surface area contributed by atoms with E-state index in [9.17, 15) is 9.18 Å². The molecule has 0 aliphatic carbocycles. The zero-order valence-electron chi connectivity index (χ0n) is 12.7. The van der Waals surface area contributed by atoms with Crippen molar-refractivity contribution in [2.75, 3.05) is 11.4 Å². The number of carboxylic acid groups (broad SMARTS) is 1. The summed E-state index contributed by atoms with van der Waals surface area (Å²) < 4.78 is 13.5. The minimum atomic E-state index is -1.03. The third-order valence-electron chi connectivity index (χ3n) is 4.30. The van der Waals surface area contributed by atoms with Crippen molar-refractivity contribution >= 4 is 17.7 Å². The number of carbonyl (C=O) groups is 1. The Bertz CT molecular complexity index is 556. The monoisotopic (exact) mass is 291 g/mol. The standard InChI is InChI=1S/C17H22FNO2/c1-11-8-12(2)13(3)19(10-11)16-6-5-15(18)9-14(16)4-7-17(20)21/h4-7,9,11-13H,8,10H2,1-3H3,(H,20,21)/b7-4+. The first-order valence-electron chi connectivity index (χ1n) is 7.35. The van der Waals surface area contributed by atoms with Crippen LogP contribution in [-0.2, 0) is 4.79 Å². The molecule has 3 unspecified atom stereocenters. The molecule has 1 aromatic carbocycles. The second kappa shape index (κ2) is 6.29. The van der Waals surface area contributed by atoms with Gasteiger partial charge in [0.15, 0.2) is 0 Å². The molecule has 1 heterocycles. The Balaban J connectivity index is 2.40. The molecule has 3 atom stereocenters. The van der Waals surface area contributed by atoms with Crippen LogP contribution in [0.1, 0.15) is 32.8 Å². The van der Waals surface area contributed by atoms with Gasteiger partial charge in [-0.05, 0) is 49.5 Å². The minimum Gasteiger partial charge on any atom is -0.478 e. The molecule has 0 saturated carbocycles. The van der Waals surface area contributed by atoms with Gasteiger partial charge >= 0.3 is 5.97 Å². The molecule has 3 nitrogen and oxygen atoms in total. The average molecular weight is 291 g/mol. The minimum absolute atomic E-state index is 0.351. The van der Waals surface area contributed by atoms with Crippen LogP contribution in [0, 0.1) is 17.7 Å². The van der Waals surface area contributed by atoms with Crippen LogP contribution in [-0.4, -0.2) is 23.7 Å². The smallest absolute Gasteiger partial charge is 0.328 e. The zero-order valence-corrected chi connectivity index (χ0v) is 12.7. The summed E-state index contributed by atoms with van der Waals surface area (Å²) in [5, 5.41) is 8.79. The van der Waals surface area contributed by atoms with Crippen LogP contribution in [0.25, 0.3) is 6.08 Å². The first kappa shape index (κ1) is 15.5. The van der Waals surface area contributed by atoms with Crippen LogP contribution in [0.5, 0.6) is 0 Å². The molecule has 114 valence electrons. The largest absolute Gasteiger partial charge is 0.478 e. The van der Waals surface area contributed by atoms with Gasteiger partial charge in [-0.25, -0.2) is 9.18 Å². The van der Waals surface area contributed by atoms with Crippen LogP contribution in [0.3, 0.4) is 0 Å². The van der Waals surface area contributed by atoms with Gasteiger partial charge in [-0.3, -0.25) is 0 Å². The lowest BCUT2D eigenvalue weighted by Crippen LogP contribution is -2.46. The number of hydrogen-bond donors (Lipinski definition) is 1. The molecule has 2 rings (SSSR count). The third kappa shape index (κ3) is 3.63. The van der Waals surface area contributed by atoms with Crippen LogP contribution >= 0.6 is 0 Å². The summed E-state index contributed by atoms with van der Waals surface area (Å²) in [7, 11) is 0. The van der Waals surface area contributed by atoms with E-state index in [1.807, 2.05) is 0 Å². The molecular weight excluding hydrogens is 269 g/mol. The van der Waals surface area contributed by atoms with E-state index in [2.05, 4.69) is 25.7 Å². The van der Waals surface area contributed by atoms with Gasteiger partial charge in [0.05, 0.1) is 0 Å². The lowest BCUT2D eigenvalue weighted by Gasteiger charge is -2.43. The maximum absolute atomic E-state index is 13.5. The predicted molar refractivity (Wildman–Crippen MR) is 82.8 cm³/mol. The van der Waals surface area contributed by atoms with E-state index in [0.29, 0.717) is 23.4 Å². The first-order chi connectivity index (χ1) is 9.88. The Morgan fingerprint density at radius 1 is 1.38 bits per heavy atom. The molecular formula is C17H22FNO2. The highest BCUT2D eigenvalue weighted by Gasteiger charge is 2.29. The molecule has 1 aliphatic heterocycles. The lowest BCUT2D eigenvalue weighted by atomic mass is 9.85. The molecule has 0 aromatic heterocycles. The maximum atomic E-state index is 13.5. The summed E-state index contributed by atoms with van der Waals surface area (Å²) in [6.45, 7) is 7.52. The zero-order chi connectivity index (χ0) is 15.6. The van der Waals surface area contributed by atoms with E-state index in [0.717, 1.165) is 18.3 Å². The van der Waals surface area contributed by atoms with Gasteiger partial charge in [0.2, 0.25) is 0 Å². The van der Waals surface area contributed by atoms with Crippen molar-refractivity contribution in [2.45, 2.75) is 33.2 Å². The molecule has 21 heavy (non-hydrogen) atoms. The lowest BCUT2D eigenvalue weighted by molar-refractivity contribution is -0.131. The number of halogens is 1. The van der Waals surface area contributed by atoms with Gasteiger partial charge < -0.3 is 10.0 Å². The first-order valence-corrected chi connectivity index (χ1v) is 7.35. The van der Waals surface area contributed by atoms with E-state index in [1.54, 1.807) is 6.07 Å². The van der Waals surface area contributed by atoms with Crippen molar-refractivity contribution < 1.29 is 14.3 Å². The molecule has 0 bridgehead atoms. The summed E-state index contributed by atoms with van der Waals surface area (Å²) in [5.41, 5.74) is 1.52. The molecule has 1 saturated heterocycles. The van der Waals surface area contributed by atoms with Crippen molar-refractivity contribution in [2.24, 2.45) is 11.8 Å². The number of aliphatic carboxylic acids is 1. The van der Waals surface area contributed by atoms with Crippen molar-refractivity contribution in [3.8, 4) is 0 Å². The predicted octanol–water partition coefficient (Wildman–Crippen LogP) is 3.79. The fourth-order valence-corrected chi connectivity index (χ4v) is 3.11. The topological polar surface area (TPSA) is 40.5 Å². The van der Waals surface area contributed by atoms with Crippen LogP contribution < -0.4 is 4.90 Å². The molecule has 1 N–H and O–H groups in total. The highest BCUT2D eigenvalue weighted by atomic mass is 19.1. The van der Waals surface area contributed by atoms with Crippen LogP contribution in [0.4, 0.5) is 10.1 Å². The van der Waals surface area contributed by atoms with Crippen molar-refractivity contribution in [1.29, 1.82) is 0 Å². The summed E-state index contributed by atoms with van der Waals surface area (Å²) in [5.74, 6) is -0.263. The molecule has 0 spiro atoms. The molecule has 0 amide bonds. The van der Waals surface area contributed by atoms with Crippen molar-refractivity contribution in [3.05, 3.63) is 35.7 Å². The highest BCUT2D eigenvalue weighted by Crippen LogP contribution is 2.34. The van der Waals surface area contributed by atoms with Gasteiger partial charge in [0.25, 0.3) is 0 Å². The Labute approximate surface area is 125 Å². The summed E-state index contributed by atoms with van der Waals surface area (Å²) in [6.07, 6.45) is 3.70. The number of rotatable bonds is 3. The summed E-state index contributed by atoms with van der Waals surface area (Å²) in [6, 6.07) is 4.93. The summed E-state index contributed by atoms with van der Waals surface area (Å²) in [4.78, 5) is 13.0. The molecule has 1 fully saturated rings. The Hall–Kier alpha value is -1.84. The van der Waals surface area contributed by atoms with E-state index in [-0.39, 0.29) is 5.82 Å². The van der Waals surface area contributed by atoms with Gasteiger partial charge in [-0.15, -0.1) is 0 Å². The van der Waals surface area contributed by atoms with Crippen molar-refractivity contribution in [3.63, 3.8) is 0 Å². The fraction of sp³-hybridized carbons (Fsp3) is 0.471. The molecule has 1 aromatic rings. The fourth-order valence-electron chi connectivity index (χ4n) is 3.11. The Morgan fingerprint density at radius 2 is 2.10 bits per heavy atom. The number of nitrogens with zero attached hydrogens (tertiary/aromatic N) is 1. The molecule has 1 aliphatic rings. The number of piperidine rings is 1. The second-order valence-corrected chi connectivity index (χ2v) is 6.09. The average Bonchev–Trinajstić information content (AvgIpc) is 2.41. The Morgan fingerprint density at radius 3 is 2.76 bits per heavy atom. The van der Waals surface area contributed by atoms with Gasteiger partial charge in [-0.1, -0.05) is 13.8 Å². The normalized spacial score (nSPS) is 26.3. The molecule has 4 heteroatoms. The second-order valence-electron chi connectivity index (χ2n) is 6.09. The van der Waals surface area contributed by atoms with E-state index in [4.69, 9.17) is 5.11 Å². The number of carboxylic acids is 1. The van der Waals surface area contributed by atoms with E-state index < -0.39 is 5.97 Å². The number of hydrogen-bond acceptors (Lipinski definition) is 2. The van der Waals surface area contributed by atoms with E-state index >= 15 is 0 Å². The van der Waals surface area contributed by atoms with E-state index in [1.165, 1.54) is 24.6 Å². The SMILES string of the molecule is CC1CC(C)C(C)N(c2ccc(F)cc2/C=C/C(=O)O)C1. The van der Waals surface area contributed by atoms with Gasteiger partial charge in [0, 0.05) is 29.9 Å².